The molecule has 0 saturated heterocycles. The molecule has 0 radical (unpaired) electrons. The molecule has 0 fully saturated rings. The quantitative estimate of drug-likeness (QED) is 0.104. The molecular formula is C32H67NO2. The van der Waals surface area contributed by atoms with Gasteiger partial charge in [0.1, 0.15) is 0 Å². The maximum atomic E-state index is 9.91. The van der Waals surface area contributed by atoms with E-state index in [2.05, 4.69) is 27.8 Å². The Labute approximate surface area is 222 Å². The lowest BCUT2D eigenvalue weighted by Gasteiger charge is -2.35. The van der Waals surface area contributed by atoms with Gasteiger partial charge in [-0.2, -0.15) is 0 Å². The molecule has 3 nitrogen and oxygen atoms in total. The number of hydrogen-bond donors (Lipinski definition) is 0. The average molecular weight is 498 g/mol. The molecule has 0 saturated carbocycles. The summed E-state index contributed by atoms with van der Waals surface area (Å²) in [4.78, 5) is 9.91. The van der Waals surface area contributed by atoms with Gasteiger partial charge in [-0.1, -0.05) is 131 Å². The highest BCUT2D eigenvalue weighted by atomic mass is 16.4. The summed E-state index contributed by atoms with van der Waals surface area (Å²) in [5, 5.41) is 9.91. The van der Waals surface area contributed by atoms with Crippen molar-refractivity contribution in [2.24, 2.45) is 5.41 Å². The van der Waals surface area contributed by atoms with E-state index in [-0.39, 0.29) is 0 Å². The number of unbranched alkanes of at least 4 members (excludes halogenated alkanes) is 17. The van der Waals surface area contributed by atoms with Crippen LogP contribution in [0.5, 0.6) is 0 Å². The first-order valence-electron chi connectivity index (χ1n) is 15.7. The van der Waals surface area contributed by atoms with E-state index in [0.29, 0.717) is 0 Å². The van der Waals surface area contributed by atoms with Crippen LogP contribution in [0.4, 0.5) is 0 Å². The lowest BCUT2D eigenvalue weighted by Crippen LogP contribution is -2.46. The number of rotatable bonds is 23. The summed E-state index contributed by atoms with van der Waals surface area (Å²) in [5.74, 6) is -1.01. The van der Waals surface area contributed by atoms with E-state index in [9.17, 15) is 9.90 Å². The van der Waals surface area contributed by atoms with Gasteiger partial charge in [0.05, 0.1) is 26.7 Å². The fourth-order valence-electron chi connectivity index (χ4n) is 4.51. The fraction of sp³-hybridized carbons (Fsp3) is 0.969. The summed E-state index contributed by atoms with van der Waals surface area (Å²) in [6.07, 6.45) is 28.8. The summed E-state index contributed by atoms with van der Waals surface area (Å²) in [7, 11) is 2.57. The Kier molecular flexibility index (Phi) is 26.2. The molecular weight excluding hydrogens is 430 g/mol. The van der Waals surface area contributed by atoms with E-state index in [1.165, 1.54) is 153 Å². The highest BCUT2D eigenvalue weighted by Gasteiger charge is 2.20. The second-order valence-electron chi connectivity index (χ2n) is 12.3. The van der Waals surface area contributed by atoms with Gasteiger partial charge in [0.25, 0.3) is 0 Å². The third kappa shape index (κ3) is 27.9. The molecule has 212 valence electrons. The highest BCUT2D eigenvalue weighted by molar-refractivity contribution is 5.70. The molecule has 35 heavy (non-hydrogen) atoms. The molecule has 0 aromatic carbocycles. The number of quaternary nitrogens is 1. The third-order valence-electron chi connectivity index (χ3n) is 7.27. The van der Waals surface area contributed by atoms with Crippen LogP contribution in [-0.2, 0) is 4.79 Å². The monoisotopic (exact) mass is 498 g/mol. The van der Waals surface area contributed by atoms with Crippen LogP contribution >= 0.6 is 0 Å². The Morgan fingerprint density at radius 1 is 0.514 bits per heavy atom. The third-order valence-corrected chi connectivity index (χ3v) is 7.27. The molecule has 0 unspecified atom stereocenters. The van der Waals surface area contributed by atoms with Crippen molar-refractivity contribution in [2.75, 3.05) is 26.7 Å². The predicted octanol–water partition coefficient (Wildman–Crippen LogP) is 9.08. The largest absolute Gasteiger partial charge is 0.550 e. The topological polar surface area (TPSA) is 40.1 Å². The molecule has 0 aliphatic rings. The van der Waals surface area contributed by atoms with E-state index in [0.717, 1.165) is 0 Å². The van der Waals surface area contributed by atoms with Crippen LogP contribution in [0.15, 0.2) is 0 Å². The smallest absolute Gasteiger partial charge is 0.0784 e. The maximum Gasteiger partial charge on any atom is 0.0784 e. The van der Waals surface area contributed by atoms with E-state index in [1.54, 1.807) is 20.8 Å². The Balaban J connectivity index is 0. The zero-order chi connectivity index (χ0) is 26.8. The second kappa shape index (κ2) is 25.1. The van der Waals surface area contributed by atoms with Crippen molar-refractivity contribution in [1.82, 2.24) is 0 Å². The van der Waals surface area contributed by atoms with Crippen molar-refractivity contribution >= 4 is 5.97 Å². The molecule has 0 aromatic rings. The fourth-order valence-corrected chi connectivity index (χ4v) is 4.51. The summed E-state index contributed by atoms with van der Waals surface area (Å²) < 4.78 is 1.36. The number of aliphatic carboxylic acids is 1. The molecule has 0 bridgehead atoms. The number of carboxylic acid groups (broad SMARTS) is 1. The SMILES string of the molecule is CC(C)(C)C(=O)[O-].CCCCCCCCCC[N+](C)(CCCCCCCC)CCCCCCCC. The molecule has 3 heteroatoms. The van der Waals surface area contributed by atoms with Crippen molar-refractivity contribution in [3.05, 3.63) is 0 Å². The molecule has 0 aliphatic heterocycles. The first kappa shape index (κ1) is 36.6. The normalized spacial score (nSPS) is 11.9. The minimum absolute atomic E-state index is 0.694. The number of nitrogens with zero attached hydrogens (tertiary/aromatic N) is 1. The van der Waals surface area contributed by atoms with E-state index >= 15 is 0 Å². The Bertz CT molecular complexity index is 425. The molecule has 0 aliphatic carbocycles. The predicted molar refractivity (Wildman–Crippen MR) is 155 cm³/mol. The van der Waals surface area contributed by atoms with Crippen LogP contribution < -0.4 is 5.11 Å². The number of carbonyl (C=O) groups excluding carboxylic acids is 1. The average Bonchev–Trinajstić information content (AvgIpc) is 2.80. The first-order chi connectivity index (χ1) is 16.6. The van der Waals surface area contributed by atoms with Crippen LogP contribution in [0.2, 0.25) is 0 Å². The van der Waals surface area contributed by atoms with Gasteiger partial charge in [0, 0.05) is 11.4 Å². The van der Waals surface area contributed by atoms with Crippen molar-refractivity contribution in [1.29, 1.82) is 0 Å². The van der Waals surface area contributed by atoms with E-state index in [1.807, 2.05) is 0 Å². The Morgan fingerprint density at radius 2 is 0.714 bits per heavy atom. The summed E-state index contributed by atoms with van der Waals surface area (Å²) >= 11 is 0. The van der Waals surface area contributed by atoms with Gasteiger partial charge in [-0.3, -0.25) is 0 Å². The zero-order valence-electron chi connectivity index (χ0n) is 25.5. The molecule has 0 aromatic heterocycles. The number of hydrogen-bond acceptors (Lipinski definition) is 2. The summed E-state index contributed by atoms with van der Waals surface area (Å²) in [6, 6.07) is 0. The second-order valence-corrected chi connectivity index (χ2v) is 12.3. The maximum absolute atomic E-state index is 9.91. The van der Waals surface area contributed by atoms with Crippen molar-refractivity contribution in [3.8, 4) is 0 Å². The minimum atomic E-state index is -1.01. The van der Waals surface area contributed by atoms with Crippen LogP contribution in [0.25, 0.3) is 0 Å². The van der Waals surface area contributed by atoms with Gasteiger partial charge < -0.3 is 14.4 Å². The standard InChI is InChI=1S/C27H58N.C5H10O2/c1-5-8-11-14-17-18-21-24-27-28(4,25-22-19-15-12-9-6-2)26-23-20-16-13-10-7-3;1-5(2,3)4(6)7/h5-27H2,1-4H3;1-3H3,(H,6,7)/q+1;/p-1. The molecule has 0 N–H and O–H groups in total. The summed E-state index contributed by atoms with van der Waals surface area (Å²) in [5.41, 5.74) is -0.694. The molecule has 0 spiro atoms. The van der Waals surface area contributed by atoms with Gasteiger partial charge in [-0.25, -0.2) is 0 Å². The number of carbonyl (C=O) groups is 1. The molecule has 0 heterocycles. The van der Waals surface area contributed by atoms with Gasteiger partial charge in [0.15, 0.2) is 0 Å². The van der Waals surface area contributed by atoms with Crippen molar-refractivity contribution in [3.63, 3.8) is 0 Å². The van der Waals surface area contributed by atoms with Crippen LogP contribution in [0.1, 0.15) is 170 Å². The Hall–Kier alpha value is -0.570. The lowest BCUT2D eigenvalue weighted by molar-refractivity contribution is -0.910. The molecule has 0 atom stereocenters. The lowest BCUT2D eigenvalue weighted by atomic mass is 9.98. The van der Waals surface area contributed by atoms with Gasteiger partial charge in [-0.15, -0.1) is 0 Å². The van der Waals surface area contributed by atoms with Gasteiger partial charge in [0.2, 0.25) is 0 Å². The van der Waals surface area contributed by atoms with Crippen LogP contribution in [-0.4, -0.2) is 37.1 Å². The highest BCUT2D eigenvalue weighted by Crippen LogP contribution is 2.16. The first-order valence-corrected chi connectivity index (χ1v) is 15.7. The Morgan fingerprint density at radius 3 is 0.914 bits per heavy atom. The van der Waals surface area contributed by atoms with Crippen molar-refractivity contribution in [2.45, 2.75) is 170 Å². The van der Waals surface area contributed by atoms with Gasteiger partial charge >= 0.3 is 0 Å². The number of carboxylic acids is 1. The van der Waals surface area contributed by atoms with Crippen LogP contribution in [0.3, 0.4) is 0 Å². The van der Waals surface area contributed by atoms with E-state index < -0.39 is 11.4 Å². The zero-order valence-corrected chi connectivity index (χ0v) is 25.5. The van der Waals surface area contributed by atoms with Gasteiger partial charge in [-0.05, 0) is 38.5 Å². The summed E-state index contributed by atoms with van der Waals surface area (Å²) in [6.45, 7) is 16.0. The molecule has 0 amide bonds. The van der Waals surface area contributed by atoms with Crippen LogP contribution in [0, 0.1) is 5.41 Å². The van der Waals surface area contributed by atoms with Crippen molar-refractivity contribution < 1.29 is 14.4 Å². The van der Waals surface area contributed by atoms with E-state index in [4.69, 9.17) is 0 Å². The molecule has 0 rings (SSSR count). The minimum Gasteiger partial charge on any atom is -0.550 e.